The van der Waals surface area contributed by atoms with Crippen LogP contribution in [-0.4, -0.2) is 54.5 Å². The molecule has 43 heavy (non-hydrogen) atoms. The van der Waals surface area contributed by atoms with Gasteiger partial charge >= 0.3 is 6.18 Å². The van der Waals surface area contributed by atoms with E-state index in [-0.39, 0.29) is 16.3 Å². The smallest absolute Gasteiger partial charge is 0.417 e. The third-order valence-corrected chi connectivity index (χ3v) is 8.51. The third-order valence-electron chi connectivity index (χ3n) is 7.52. The van der Waals surface area contributed by atoms with Crippen molar-refractivity contribution in [1.82, 2.24) is 15.3 Å². The minimum Gasteiger partial charge on any atom is -0.497 e. The van der Waals surface area contributed by atoms with Gasteiger partial charge in [0.1, 0.15) is 5.75 Å². The van der Waals surface area contributed by atoms with E-state index in [0.29, 0.717) is 22.2 Å². The second kappa shape index (κ2) is 11.6. The summed E-state index contributed by atoms with van der Waals surface area (Å²) < 4.78 is 72.5. The molecular weight excluding hydrogens is 583 g/mol. The Morgan fingerprint density at radius 1 is 1.09 bits per heavy atom. The molecule has 230 valence electrons. The maximum Gasteiger partial charge on any atom is 0.417 e. The second-order valence-electron chi connectivity index (χ2n) is 11.5. The van der Waals surface area contributed by atoms with E-state index in [1.165, 1.54) is 18.3 Å². The van der Waals surface area contributed by atoms with Gasteiger partial charge in [-0.15, -0.1) is 0 Å². The lowest BCUT2D eigenvalue weighted by Crippen LogP contribution is -2.51. The summed E-state index contributed by atoms with van der Waals surface area (Å²) in [5.41, 5.74) is -2.76. The number of fused-ring (bicyclic) bond motifs is 1. The summed E-state index contributed by atoms with van der Waals surface area (Å²) in [5, 5.41) is 14.2. The molecule has 0 aliphatic rings. The van der Waals surface area contributed by atoms with Gasteiger partial charge in [0, 0.05) is 29.3 Å². The fourth-order valence-electron chi connectivity index (χ4n) is 5.30. The highest BCUT2D eigenvalue weighted by Crippen LogP contribution is 2.44. The molecule has 2 heterocycles. The molecule has 0 saturated carbocycles. The van der Waals surface area contributed by atoms with Gasteiger partial charge in [-0.3, -0.25) is 4.79 Å². The van der Waals surface area contributed by atoms with Crippen molar-refractivity contribution in [2.45, 2.75) is 61.9 Å². The molecule has 2 atom stereocenters. The minimum absolute atomic E-state index is 0.0532. The summed E-state index contributed by atoms with van der Waals surface area (Å²) in [6.07, 6.45) is -4.40. The maximum atomic E-state index is 14.5. The van der Waals surface area contributed by atoms with Gasteiger partial charge < -0.3 is 20.1 Å². The van der Waals surface area contributed by atoms with Gasteiger partial charge in [0.15, 0.2) is 20.5 Å². The Balaban J connectivity index is 1.62. The monoisotopic (exact) mass is 617 g/mol. The SMILES string of the molecule is COc1ccc([C@H](C)NC(=O)c2ccccc2C(C)(C)CC(O)(Cc2cc3cc(S(C)(=O)=O)ncc3[nH]2)C(F)(F)F)cc1. The molecule has 0 fully saturated rings. The first-order chi connectivity index (χ1) is 19.9. The summed E-state index contributed by atoms with van der Waals surface area (Å²) in [5.74, 6) is 0.196. The molecule has 12 heteroatoms. The van der Waals surface area contributed by atoms with Crippen molar-refractivity contribution in [2.75, 3.05) is 13.4 Å². The number of benzene rings is 2. The normalized spacial score (nSPS) is 14.7. The molecule has 0 aliphatic carbocycles. The number of carbonyl (C=O) groups excluding carboxylic acids is 1. The van der Waals surface area contributed by atoms with Crippen LogP contribution in [0.15, 0.2) is 71.9 Å². The number of nitrogens with zero attached hydrogens (tertiary/aromatic N) is 1. The second-order valence-corrected chi connectivity index (χ2v) is 13.4. The van der Waals surface area contributed by atoms with Gasteiger partial charge in [-0.25, -0.2) is 13.4 Å². The molecule has 8 nitrogen and oxygen atoms in total. The number of hydrogen-bond donors (Lipinski definition) is 3. The van der Waals surface area contributed by atoms with Crippen LogP contribution in [-0.2, 0) is 21.7 Å². The first-order valence-corrected chi connectivity index (χ1v) is 15.3. The standard InChI is InChI=1S/C31H34F3N3O5S/c1-19(20-10-12-23(42-4)13-11-20)36-28(38)24-8-6-7-9-25(24)29(2,3)18-30(39,31(32,33)34)16-22-14-21-15-27(43(5,40)41)35-17-26(21)37-22/h6-15,17,19,37,39H,16,18H2,1-5H3,(H,36,38)/t19-,30?/m0/s1. The fraction of sp³-hybridized carbons (Fsp3) is 0.355. The number of aromatic amines is 1. The van der Waals surface area contributed by atoms with Crippen molar-refractivity contribution in [1.29, 1.82) is 0 Å². The number of sulfone groups is 1. The lowest BCUT2D eigenvalue weighted by molar-refractivity contribution is -0.266. The Bertz CT molecular complexity index is 1730. The van der Waals surface area contributed by atoms with Crippen molar-refractivity contribution in [3.8, 4) is 5.75 Å². The molecule has 1 unspecified atom stereocenters. The molecule has 0 aliphatic heterocycles. The molecule has 2 aromatic carbocycles. The number of carbonyl (C=O) groups is 1. The number of nitrogens with one attached hydrogen (secondary N) is 2. The lowest BCUT2D eigenvalue weighted by Gasteiger charge is -2.38. The highest BCUT2D eigenvalue weighted by Gasteiger charge is 2.56. The van der Waals surface area contributed by atoms with Gasteiger partial charge in [0.25, 0.3) is 5.91 Å². The molecular formula is C31H34F3N3O5S. The van der Waals surface area contributed by atoms with E-state index in [4.69, 9.17) is 4.74 Å². The van der Waals surface area contributed by atoms with E-state index >= 15 is 0 Å². The number of ether oxygens (including phenoxy) is 1. The Hall–Kier alpha value is -3.90. The fourth-order valence-corrected chi connectivity index (χ4v) is 5.88. The van der Waals surface area contributed by atoms with E-state index in [9.17, 15) is 31.5 Å². The van der Waals surface area contributed by atoms with Gasteiger partial charge in [-0.05, 0) is 60.2 Å². The van der Waals surface area contributed by atoms with E-state index in [1.807, 2.05) is 12.1 Å². The number of pyridine rings is 1. The molecule has 2 aromatic heterocycles. The van der Waals surface area contributed by atoms with Crippen molar-refractivity contribution in [2.24, 2.45) is 0 Å². The Morgan fingerprint density at radius 2 is 1.74 bits per heavy atom. The van der Waals surface area contributed by atoms with Gasteiger partial charge in [-0.1, -0.05) is 44.2 Å². The minimum atomic E-state index is -5.03. The third kappa shape index (κ3) is 7.02. The molecule has 4 rings (SSSR count). The van der Waals surface area contributed by atoms with Crippen LogP contribution in [0.3, 0.4) is 0 Å². The zero-order valence-corrected chi connectivity index (χ0v) is 25.2. The topological polar surface area (TPSA) is 121 Å². The predicted molar refractivity (Wildman–Crippen MR) is 157 cm³/mol. The van der Waals surface area contributed by atoms with Gasteiger partial charge in [0.2, 0.25) is 0 Å². The van der Waals surface area contributed by atoms with E-state index < -0.39 is 51.8 Å². The molecule has 1 amide bonds. The Labute approximate surface area is 248 Å². The number of amides is 1. The zero-order chi connectivity index (χ0) is 31.8. The molecule has 3 N–H and O–H groups in total. The van der Waals surface area contributed by atoms with Crippen LogP contribution in [0.25, 0.3) is 10.9 Å². The van der Waals surface area contributed by atoms with E-state index in [1.54, 1.807) is 64.3 Å². The maximum absolute atomic E-state index is 14.5. The summed E-state index contributed by atoms with van der Waals surface area (Å²) in [6.45, 7) is 4.90. The highest BCUT2D eigenvalue weighted by molar-refractivity contribution is 7.90. The number of aromatic nitrogens is 2. The summed E-state index contributed by atoms with van der Waals surface area (Å²) in [7, 11) is -2.08. The van der Waals surface area contributed by atoms with Crippen LogP contribution < -0.4 is 10.1 Å². The number of halogens is 3. The van der Waals surface area contributed by atoms with Crippen LogP contribution in [0.1, 0.15) is 60.4 Å². The van der Waals surface area contributed by atoms with Gasteiger partial charge in [-0.2, -0.15) is 13.2 Å². The number of H-pyrrole nitrogens is 1. The lowest BCUT2D eigenvalue weighted by atomic mass is 9.72. The summed E-state index contributed by atoms with van der Waals surface area (Å²) in [6, 6.07) is 15.8. The average Bonchev–Trinajstić information content (AvgIpc) is 3.33. The van der Waals surface area contributed by atoms with E-state index in [0.717, 1.165) is 11.8 Å². The quantitative estimate of drug-likeness (QED) is 0.211. The average molecular weight is 618 g/mol. The van der Waals surface area contributed by atoms with Gasteiger partial charge in [0.05, 0.1) is 24.9 Å². The van der Waals surface area contributed by atoms with Crippen LogP contribution in [0.5, 0.6) is 5.75 Å². The van der Waals surface area contributed by atoms with E-state index in [2.05, 4.69) is 15.3 Å². The van der Waals surface area contributed by atoms with Crippen LogP contribution in [0, 0.1) is 0 Å². The zero-order valence-electron chi connectivity index (χ0n) is 24.4. The molecule has 0 saturated heterocycles. The van der Waals surface area contributed by atoms with Crippen molar-refractivity contribution >= 4 is 26.6 Å². The first-order valence-electron chi connectivity index (χ1n) is 13.4. The molecule has 0 spiro atoms. The number of alkyl halides is 3. The highest BCUT2D eigenvalue weighted by atomic mass is 32.2. The van der Waals surface area contributed by atoms with Crippen molar-refractivity contribution in [3.63, 3.8) is 0 Å². The van der Waals surface area contributed by atoms with Crippen LogP contribution in [0.4, 0.5) is 13.2 Å². The first kappa shape index (κ1) is 32.0. The van der Waals surface area contributed by atoms with Crippen LogP contribution in [0.2, 0.25) is 0 Å². The summed E-state index contributed by atoms with van der Waals surface area (Å²) >= 11 is 0. The number of hydrogen-bond acceptors (Lipinski definition) is 6. The molecule has 0 radical (unpaired) electrons. The Kier molecular flexibility index (Phi) is 8.67. The Morgan fingerprint density at radius 3 is 2.35 bits per heavy atom. The number of aliphatic hydroxyl groups is 1. The summed E-state index contributed by atoms with van der Waals surface area (Å²) in [4.78, 5) is 20.1. The van der Waals surface area contributed by atoms with Crippen LogP contribution >= 0.6 is 0 Å². The molecule has 0 bridgehead atoms. The van der Waals surface area contributed by atoms with Crippen molar-refractivity contribution in [3.05, 3.63) is 89.2 Å². The largest absolute Gasteiger partial charge is 0.497 e. The number of rotatable bonds is 10. The predicted octanol–water partition coefficient (Wildman–Crippen LogP) is 5.67. The number of methoxy groups -OCH3 is 1. The molecule has 4 aromatic rings. The van der Waals surface area contributed by atoms with Crippen molar-refractivity contribution < 1.29 is 36.2 Å².